The molecule has 0 saturated carbocycles. The SMILES string of the molecule is O=C(CN1CCN(c2nnc(-c3ccccn3)s2)CC1)Nc1ccccc1. The minimum absolute atomic E-state index is 0.0167. The number of nitrogens with zero attached hydrogens (tertiary/aromatic N) is 5. The third kappa shape index (κ3) is 4.47. The van der Waals surface area contributed by atoms with Crippen LogP contribution in [0.5, 0.6) is 0 Å². The Morgan fingerprint density at radius 3 is 2.52 bits per heavy atom. The molecule has 1 saturated heterocycles. The predicted molar refractivity (Wildman–Crippen MR) is 107 cm³/mol. The van der Waals surface area contributed by atoms with Crippen LogP contribution in [0.4, 0.5) is 10.8 Å². The van der Waals surface area contributed by atoms with E-state index in [1.165, 1.54) is 0 Å². The molecule has 1 N–H and O–H groups in total. The zero-order chi connectivity index (χ0) is 18.5. The van der Waals surface area contributed by atoms with Crippen molar-refractivity contribution in [2.45, 2.75) is 0 Å². The highest BCUT2D eigenvalue weighted by Gasteiger charge is 2.22. The van der Waals surface area contributed by atoms with Crippen LogP contribution in [0.15, 0.2) is 54.7 Å². The van der Waals surface area contributed by atoms with Crippen LogP contribution in [0.2, 0.25) is 0 Å². The average Bonchev–Trinajstić information content (AvgIpc) is 3.20. The lowest BCUT2D eigenvalue weighted by Gasteiger charge is -2.33. The lowest BCUT2D eigenvalue weighted by molar-refractivity contribution is -0.117. The summed E-state index contributed by atoms with van der Waals surface area (Å²) in [4.78, 5) is 20.9. The van der Waals surface area contributed by atoms with Crippen molar-refractivity contribution < 1.29 is 4.79 Å². The number of benzene rings is 1. The summed E-state index contributed by atoms with van der Waals surface area (Å²) < 4.78 is 0. The van der Waals surface area contributed by atoms with E-state index in [-0.39, 0.29) is 5.91 Å². The van der Waals surface area contributed by atoms with Crippen LogP contribution < -0.4 is 10.2 Å². The molecule has 7 nitrogen and oxygen atoms in total. The summed E-state index contributed by atoms with van der Waals surface area (Å²) in [6, 6.07) is 15.3. The molecule has 0 atom stereocenters. The number of carbonyl (C=O) groups excluding carboxylic acids is 1. The fourth-order valence-electron chi connectivity index (χ4n) is 2.96. The van der Waals surface area contributed by atoms with Crippen molar-refractivity contribution in [1.82, 2.24) is 20.1 Å². The molecule has 3 aromatic rings. The second-order valence-electron chi connectivity index (χ2n) is 6.28. The van der Waals surface area contributed by atoms with Gasteiger partial charge >= 0.3 is 0 Å². The molecule has 4 rings (SSSR count). The molecule has 1 aliphatic rings. The fourth-order valence-corrected chi connectivity index (χ4v) is 3.83. The average molecular weight is 380 g/mol. The number of anilines is 2. The molecular weight excluding hydrogens is 360 g/mol. The summed E-state index contributed by atoms with van der Waals surface area (Å²) in [6.45, 7) is 3.70. The normalized spacial score (nSPS) is 14.9. The molecule has 2 aromatic heterocycles. The zero-order valence-electron chi connectivity index (χ0n) is 14.8. The number of rotatable bonds is 5. The van der Waals surface area contributed by atoms with Gasteiger partial charge in [0.15, 0.2) is 5.01 Å². The number of para-hydroxylation sites is 1. The van der Waals surface area contributed by atoms with Crippen LogP contribution in [0.25, 0.3) is 10.7 Å². The maximum absolute atomic E-state index is 12.2. The van der Waals surface area contributed by atoms with Crippen molar-refractivity contribution >= 4 is 28.1 Å². The molecule has 138 valence electrons. The molecule has 0 aliphatic carbocycles. The summed E-state index contributed by atoms with van der Waals surface area (Å²) in [7, 11) is 0. The van der Waals surface area contributed by atoms with Gasteiger partial charge in [0.25, 0.3) is 0 Å². The van der Waals surface area contributed by atoms with Crippen molar-refractivity contribution in [1.29, 1.82) is 0 Å². The molecule has 0 spiro atoms. The first-order valence-corrected chi connectivity index (χ1v) is 9.67. The number of nitrogens with one attached hydrogen (secondary N) is 1. The third-order valence-corrected chi connectivity index (χ3v) is 5.37. The highest BCUT2D eigenvalue weighted by molar-refractivity contribution is 7.18. The Morgan fingerprint density at radius 2 is 1.78 bits per heavy atom. The number of pyridine rings is 1. The molecule has 0 bridgehead atoms. The first-order valence-electron chi connectivity index (χ1n) is 8.85. The summed E-state index contributed by atoms with van der Waals surface area (Å²) in [5.41, 5.74) is 1.68. The predicted octanol–water partition coefficient (Wildman–Crippen LogP) is 2.36. The molecule has 0 radical (unpaired) electrons. The number of amides is 1. The first kappa shape index (κ1) is 17.6. The standard InChI is InChI=1S/C19H20N6OS/c26-17(21-15-6-2-1-3-7-15)14-24-10-12-25(13-11-24)19-23-22-18(27-19)16-8-4-5-9-20-16/h1-9H,10-14H2,(H,21,26). The van der Waals surface area contributed by atoms with Gasteiger partial charge in [0.2, 0.25) is 11.0 Å². The summed E-state index contributed by atoms with van der Waals surface area (Å²) in [5, 5.41) is 13.2. The van der Waals surface area contributed by atoms with E-state index in [4.69, 9.17) is 0 Å². The molecule has 8 heteroatoms. The largest absolute Gasteiger partial charge is 0.344 e. The van der Waals surface area contributed by atoms with Crippen LogP contribution in [-0.4, -0.2) is 58.7 Å². The van der Waals surface area contributed by atoms with Crippen molar-refractivity contribution in [3.8, 4) is 10.7 Å². The van der Waals surface area contributed by atoms with Crippen molar-refractivity contribution in [2.24, 2.45) is 0 Å². The van der Waals surface area contributed by atoms with Gasteiger partial charge in [-0.25, -0.2) is 0 Å². The van der Waals surface area contributed by atoms with Crippen LogP contribution in [0.1, 0.15) is 0 Å². The Labute approximate surface area is 161 Å². The Hall–Kier alpha value is -2.84. The Kier molecular flexibility index (Phi) is 5.36. The van der Waals surface area contributed by atoms with E-state index in [2.05, 4.69) is 30.3 Å². The van der Waals surface area contributed by atoms with Gasteiger partial charge in [-0.05, 0) is 24.3 Å². The molecule has 1 fully saturated rings. The van der Waals surface area contributed by atoms with E-state index < -0.39 is 0 Å². The van der Waals surface area contributed by atoms with Gasteiger partial charge in [-0.2, -0.15) is 0 Å². The van der Waals surface area contributed by atoms with Gasteiger partial charge in [-0.15, -0.1) is 10.2 Å². The third-order valence-electron chi connectivity index (χ3n) is 4.37. The van der Waals surface area contributed by atoms with Crippen molar-refractivity contribution in [2.75, 3.05) is 42.9 Å². The Morgan fingerprint density at radius 1 is 1.00 bits per heavy atom. The van der Waals surface area contributed by atoms with Crippen LogP contribution >= 0.6 is 11.3 Å². The number of aromatic nitrogens is 3. The van der Waals surface area contributed by atoms with E-state index in [0.29, 0.717) is 6.54 Å². The van der Waals surface area contributed by atoms with Crippen molar-refractivity contribution in [3.63, 3.8) is 0 Å². The first-order chi connectivity index (χ1) is 13.3. The van der Waals surface area contributed by atoms with Crippen LogP contribution in [-0.2, 0) is 4.79 Å². The highest BCUT2D eigenvalue weighted by atomic mass is 32.1. The maximum Gasteiger partial charge on any atom is 0.238 e. The van der Waals surface area contributed by atoms with E-state index in [1.54, 1.807) is 17.5 Å². The summed E-state index contributed by atoms with van der Waals surface area (Å²) in [5.74, 6) is 0.0167. The zero-order valence-corrected chi connectivity index (χ0v) is 15.6. The van der Waals surface area contributed by atoms with Crippen LogP contribution in [0.3, 0.4) is 0 Å². The quantitative estimate of drug-likeness (QED) is 0.732. The molecule has 1 amide bonds. The lowest BCUT2D eigenvalue weighted by atomic mass is 10.3. The number of piperazine rings is 1. The lowest BCUT2D eigenvalue weighted by Crippen LogP contribution is -2.48. The second kappa shape index (κ2) is 8.24. The highest BCUT2D eigenvalue weighted by Crippen LogP contribution is 2.27. The van der Waals surface area contributed by atoms with Gasteiger partial charge in [0.05, 0.1) is 6.54 Å². The van der Waals surface area contributed by atoms with Crippen molar-refractivity contribution in [3.05, 3.63) is 54.7 Å². The van der Waals surface area contributed by atoms with E-state index >= 15 is 0 Å². The molecule has 27 heavy (non-hydrogen) atoms. The summed E-state index contributed by atoms with van der Waals surface area (Å²) in [6.07, 6.45) is 1.76. The number of hydrogen-bond donors (Lipinski definition) is 1. The van der Waals surface area contributed by atoms with Gasteiger partial charge in [0, 0.05) is 38.1 Å². The Balaban J connectivity index is 1.29. The molecule has 1 aliphatic heterocycles. The Bertz CT molecular complexity index is 877. The minimum atomic E-state index is 0.0167. The summed E-state index contributed by atoms with van der Waals surface area (Å²) >= 11 is 1.55. The van der Waals surface area contributed by atoms with E-state index in [9.17, 15) is 4.79 Å². The molecular formula is C19H20N6OS. The van der Waals surface area contributed by atoms with Gasteiger partial charge in [-0.3, -0.25) is 14.7 Å². The smallest absolute Gasteiger partial charge is 0.238 e. The molecule has 1 aromatic carbocycles. The van der Waals surface area contributed by atoms with E-state index in [0.717, 1.165) is 47.7 Å². The van der Waals surface area contributed by atoms with Gasteiger partial charge in [-0.1, -0.05) is 35.6 Å². The topological polar surface area (TPSA) is 74.2 Å². The number of carbonyl (C=O) groups is 1. The second-order valence-corrected chi connectivity index (χ2v) is 7.24. The van der Waals surface area contributed by atoms with Gasteiger partial charge < -0.3 is 10.2 Å². The van der Waals surface area contributed by atoms with Crippen LogP contribution in [0, 0.1) is 0 Å². The minimum Gasteiger partial charge on any atom is -0.344 e. The fraction of sp³-hybridized carbons (Fsp3) is 0.263. The molecule has 3 heterocycles. The number of hydrogen-bond acceptors (Lipinski definition) is 7. The van der Waals surface area contributed by atoms with E-state index in [1.807, 2.05) is 48.5 Å². The monoisotopic (exact) mass is 380 g/mol. The maximum atomic E-state index is 12.2. The van der Waals surface area contributed by atoms with Gasteiger partial charge in [0.1, 0.15) is 5.69 Å². The molecule has 0 unspecified atom stereocenters.